The SMILES string of the molecule is CC1(CCc2ccccc2)NC(=O)N(NC(=O)c2cccc(-n3nccc3-c3ccccc3)c2)C1=O. The smallest absolute Gasteiger partial charge is 0.322 e. The Kier molecular flexibility index (Phi) is 6.08. The van der Waals surface area contributed by atoms with Crippen molar-refractivity contribution in [3.63, 3.8) is 0 Å². The first-order valence-electron chi connectivity index (χ1n) is 11.7. The molecular weight excluding hydrogens is 454 g/mol. The van der Waals surface area contributed by atoms with Crippen LogP contribution in [0.3, 0.4) is 0 Å². The summed E-state index contributed by atoms with van der Waals surface area (Å²) in [5.41, 5.74) is 5.25. The topological polar surface area (TPSA) is 96.3 Å². The molecular formula is C28H25N5O3. The number of amides is 4. The number of aryl methyl sites for hydroxylation is 1. The number of carbonyl (C=O) groups is 3. The van der Waals surface area contributed by atoms with Gasteiger partial charge in [0.1, 0.15) is 5.54 Å². The molecule has 4 aromatic rings. The maximum Gasteiger partial charge on any atom is 0.344 e. The number of hydrazine groups is 1. The van der Waals surface area contributed by atoms with Gasteiger partial charge in [0.2, 0.25) is 0 Å². The molecule has 2 N–H and O–H groups in total. The van der Waals surface area contributed by atoms with Gasteiger partial charge in [0.15, 0.2) is 0 Å². The second-order valence-electron chi connectivity index (χ2n) is 8.87. The first kappa shape index (κ1) is 23.0. The van der Waals surface area contributed by atoms with Crippen molar-refractivity contribution in [2.24, 2.45) is 0 Å². The highest BCUT2D eigenvalue weighted by Crippen LogP contribution is 2.24. The molecule has 180 valence electrons. The lowest BCUT2D eigenvalue weighted by Gasteiger charge is -2.21. The number of urea groups is 1. The van der Waals surface area contributed by atoms with Crippen molar-refractivity contribution in [2.45, 2.75) is 25.3 Å². The molecule has 1 saturated heterocycles. The zero-order valence-electron chi connectivity index (χ0n) is 19.7. The minimum atomic E-state index is -1.11. The summed E-state index contributed by atoms with van der Waals surface area (Å²) in [5.74, 6) is -1.06. The third-order valence-corrected chi connectivity index (χ3v) is 6.30. The van der Waals surface area contributed by atoms with E-state index in [0.717, 1.165) is 21.8 Å². The van der Waals surface area contributed by atoms with Crippen molar-refractivity contribution in [2.75, 3.05) is 0 Å². The minimum Gasteiger partial charge on any atom is -0.322 e. The maximum absolute atomic E-state index is 13.1. The lowest BCUT2D eigenvalue weighted by Crippen LogP contribution is -2.49. The van der Waals surface area contributed by atoms with Crippen molar-refractivity contribution in [1.29, 1.82) is 0 Å². The van der Waals surface area contributed by atoms with E-state index in [2.05, 4.69) is 15.8 Å². The molecule has 8 heteroatoms. The molecule has 0 saturated carbocycles. The van der Waals surface area contributed by atoms with Crippen molar-refractivity contribution in [3.8, 4) is 16.9 Å². The van der Waals surface area contributed by atoms with E-state index in [1.54, 1.807) is 36.0 Å². The van der Waals surface area contributed by atoms with Gasteiger partial charge in [0.25, 0.3) is 11.8 Å². The van der Waals surface area contributed by atoms with Crippen LogP contribution in [0.25, 0.3) is 16.9 Å². The Morgan fingerprint density at radius 3 is 2.42 bits per heavy atom. The number of aromatic nitrogens is 2. The van der Waals surface area contributed by atoms with Crippen LogP contribution in [0.2, 0.25) is 0 Å². The van der Waals surface area contributed by atoms with Gasteiger partial charge in [-0.3, -0.25) is 15.0 Å². The van der Waals surface area contributed by atoms with Gasteiger partial charge in [-0.15, -0.1) is 0 Å². The third kappa shape index (κ3) is 4.48. The molecule has 36 heavy (non-hydrogen) atoms. The molecule has 3 aromatic carbocycles. The van der Waals surface area contributed by atoms with Gasteiger partial charge in [-0.05, 0) is 49.6 Å². The molecule has 1 atom stereocenters. The summed E-state index contributed by atoms with van der Waals surface area (Å²) < 4.78 is 1.74. The number of benzene rings is 3. The molecule has 0 bridgehead atoms. The monoisotopic (exact) mass is 479 g/mol. The Bertz CT molecular complexity index is 1420. The van der Waals surface area contributed by atoms with Crippen LogP contribution < -0.4 is 10.7 Å². The molecule has 1 aromatic heterocycles. The minimum absolute atomic E-state index is 0.292. The average Bonchev–Trinajstić information content (AvgIpc) is 3.48. The van der Waals surface area contributed by atoms with Gasteiger partial charge < -0.3 is 5.32 Å². The highest BCUT2D eigenvalue weighted by atomic mass is 16.2. The zero-order chi connectivity index (χ0) is 25.1. The molecule has 4 amide bonds. The number of rotatable bonds is 7. The zero-order valence-corrected chi connectivity index (χ0v) is 19.7. The molecule has 1 fully saturated rings. The lowest BCUT2D eigenvalue weighted by atomic mass is 9.93. The van der Waals surface area contributed by atoms with E-state index >= 15 is 0 Å². The van der Waals surface area contributed by atoms with Crippen LogP contribution in [0.15, 0.2) is 97.2 Å². The van der Waals surface area contributed by atoms with E-state index < -0.39 is 23.4 Å². The number of imide groups is 1. The van der Waals surface area contributed by atoms with Gasteiger partial charge in [0, 0.05) is 11.1 Å². The van der Waals surface area contributed by atoms with Crippen LogP contribution in [0.1, 0.15) is 29.3 Å². The number of nitrogens with one attached hydrogen (secondary N) is 2. The Hall–Kier alpha value is -4.72. The highest BCUT2D eigenvalue weighted by Gasteiger charge is 2.48. The van der Waals surface area contributed by atoms with Crippen LogP contribution in [0.5, 0.6) is 0 Å². The summed E-state index contributed by atoms with van der Waals surface area (Å²) in [5, 5.41) is 7.90. The van der Waals surface area contributed by atoms with Crippen molar-refractivity contribution in [3.05, 3.63) is 108 Å². The van der Waals surface area contributed by atoms with Crippen molar-refractivity contribution in [1.82, 2.24) is 25.5 Å². The van der Waals surface area contributed by atoms with Gasteiger partial charge in [0.05, 0.1) is 17.6 Å². The van der Waals surface area contributed by atoms with Gasteiger partial charge in [-0.2, -0.15) is 10.1 Å². The Labute approximate surface area is 208 Å². The summed E-state index contributed by atoms with van der Waals surface area (Å²) in [6.07, 6.45) is 2.71. The highest BCUT2D eigenvalue weighted by molar-refractivity contribution is 6.09. The van der Waals surface area contributed by atoms with Gasteiger partial charge >= 0.3 is 6.03 Å². The maximum atomic E-state index is 13.1. The van der Waals surface area contributed by atoms with Crippen LogP contribution in [-0.2, 0) is 11.2 Å². The number of hydrogen-bond donors (Lipinski definition) is 2. The summed E-state index contributed by atoms with van der Waals surface area (Å²) in [7, 11) is 0. The molecule has 8 nitrogen and oxygen atoms in total. The summed E-state index contributed by atoms with van der Waals surface area (Å²) in [4.78, 5) is 38.7. The number of nitrogens with zero attached hydrogens (tertiary/aromatic N) is 3. The molecule has 1 unspecified atom stereocenters. The first-order chi connectivity index (χ1) is 17.4. The molecule has 0 radical (unpaired) electrons. The second kappa shape index (κ2) is 9.50. The predicted octanol–water partition coefficient (Wildman–Crippen LogP) is 4.13. The third-order valence-electron chi connectivity index (χ3n) is 6.30. The summed E-state index contributed by atoms with van der Waals surface area (Å²) in [6.45, 7) is 1.67. The molecule has 5 rings (SSSR count). The van der Waals surface area contributed by atoms with E-state index in [9.17, 15) is 14.4 Å². The lowest BCUT2D eigenvalue weighted by molar-refractivity contribution is -0.132. The second-order valence-corrected chi connectivity index (χ2v) is 8.87. The van der Waals surface area contributed by atoms with E-state index in [1.807, 2.05) is 72.8 Å². The largest absolute Gasteiger partial charge is 0.344 e. The molecule has 0 spiro atoms. The molecule has 2 heterocycles. The van der Waals surface area contributed by atoms with Crippen LogP contribution >= 0.6 is 0 Å². The van der Waals surface area contributed by atoms with E-state index in [0.29, 0.717) is 24.1 Å². The Morgan fingerprint density at radius 1 is 0.944 bits per heavy atom. The number of hydrogen-bond acceptors (Lipinski definition) is 4. The average molecular weight is 480 g/mol. The number of carbonyl (C=O) groups excluding carboxylic acids is 3. The van der Waals surface area contributed by atoms with Crippen molar-refractivity contribution >= 4 is 17.8 Å². The van der Waals surface area contributed by atoms with Crippen LogP contribution in [-0.4, -0.2) is 38.2 Å². The normalized spacial score (nSPS) is 17.2. The Morgan fingerprint density at radius 2 is 1.67 bits per heavy atom. The molecule has 0 aliphatic carbocycles. The van der Waals surface area contributed by atoms with Gasteiger partial charge in [-0.1, -0.05) is 66.7 Å². The van der Waals surface area contributed by atoms with Crippen molar-refractivity contribution < 1.29 is 14.4 Å². The fraction of sp³-hybridized carbons (Fsp3) is 0.143. The summed E-state index contributed by atoms with van der Waals surface area (Å²) in [6, 6.07) is 27.6. The predicted molar refractivity (Wildman–Crippen MR) is 135 cm³/mol. The van der Waals surface area contributed by atoms with Crippen LogP contribution in [0.4, 0.5) is 4.79 Å². The van der Waals surface area contributed by atoms with Gasteiger partial charge in [-0.25, -0.2) is 9.48 Å². The van der Waals surface area contributed by atoms with Crippen LogP contribution in [0, 0.1) is 0 Å². The molecule has 1 aliphatic heterocycles. The Balaban J connectivity index is 1.31. The van der Waals surface area contributed by atoms with E-state index in [4.69, 9.17) is 0 Å². The fourth-order valence-corrected chi connectivity index (χ4v) is 4.28. The fourth-order valence-electron chi connectivity index (χ4n) is 4.28. The van der Waals surface area contributed by atoms with E-state index in [-0.39, 0.29) is 0 Å². The van der Waals surface area contributed by atoms with E-state index in [1.165, 1.54) is 0 Å². The quantitative estimate of drug-likeness (QED) is 0.390. The standard InChI is InChI=1S/C28H25N5O3/c1-28(17-15-20-9-4-2-5-10-20)26(35)33(27(36)30-28)31-25(34)22-13-8-14-23(19-22)32-24(16-18-29-32)21-11-6-3-7-12-21/h2-14,16,18-19H,15,17H2,1H3,(H,30,36)(H,31,34). The summed E-state index contributed by atoms with van der Waals surface area (Å²) >= 11 is 0. The molecule has 1 aliphatic rings. The first-order valence-corrected chi connectivity index (χ1v) is 11.7.